The van der Waals surface area contributed by atoms with E-state index in [0.29, 0.717) is 104 Å². The monoisotopic (exact) mass is 1470 g/mol. The number of nitrogens with zero attached hydrogens (tertiary/aromatic N) is 2. The summed E-state index contributed by atoms with van der Waals surface area (Å²) in [6.07, 6.45) is -5.23. The summed E-state index contributed by atoms with van der Waals surface area (Å²) in [5, 5.41) is 49.1. The van der Waals surface area contributed by atoms with Crippen LogP contribution in [0.2, 0.25) is 0 Å². The van der Waals surface area contributed by atoms with Crippen LogP contribution in [0.1, 0.15) is 83.3 Å². The van der Waals surface area contributed by atoms with E-state index in [1.165, 1.54) is 0 Å². The van der Waals surface area contributed by atoms with E-state index in [9.17, 15) is 98.2 Å². The van der Waals surface area contributed by atoms with Gasteiger partial charge in [-0.25, -0.2) is 4.58 Å². The lowest BCUT2D eigenvalue weighted by Crippen LogP contribution is -2.29. The van der Waals surface area contributed by atoms with Gasteiger partial charge in [0, 0.05) is 141 Å². The Balaban J connectivity index is 1.27. The summed E-state index contributed by atoms with van der Waals surface area (Å²) in [5.74, 6) is -4.92. The molecule has 0 spiro atoms. The highest BCUT2D eigenvalue weighted by Crippen LogP contribution is 2.46. The number of anilines is 1. The maximum absolute atomic E-state index is 15.3. The quantitative estimate of drug-likeness (QED) is 0.0210. The lowest BCUT2D eigenvalue weighted by atomic mass is 9.91. The van der Waals surface area contributed by atoms with Gasteiger partial charge in [0.25, 0.3) is 60.7 Å². The maximum atomic E-state index is 15.3. The molecule has 0 aromatic heterocycles. The molecular formula is C62H59N2O26S7+. The van der Waals surface area contributed by atoms with Gasteiger partial charge in [-0.05, 0) is 119 Å². The molecule has 0 atom stereocenters. The zero-order valence-electron chi connectivity index (χ0n) is 51.1. The Bertz CT molecular complexity index is 5510. The van der Waals surface area contributed by atoms with Gasteiger partial charge in [-0.3, -0.25) is 27.3 Å². The Morgan fingerprint density at radius 2 is 0.753 bits per heavy atom. The first-order valence-electron chi connectivity index (χ1n) is 28.8. The standard InChI is InChI=1S/C62H58N2O26S7/c1-5-63(6-2)43-9-12-51-54(30-43)89-55-31-44(64(7-3)8-4)10-13-52(55)57(51)53-14-11-45(32-56(53)96(84,85)86)97(87,88)90-62-41-18-39-26-48(93(75,76)77)24-37(60(39)67)16-35-22-46(91(69,70)71)20-33(58(35)65)15-34-21-47(92(72,73)74)23-36(59(34)66)17-38-25-49(94(78,79)80)27-40(61(38)68)19-42(62)29-50(28-41)95(81,82)83/h9-14,20-32H,5-8,15-19H2,1-4H3,(H9-,65,66,67,68,69,70,71,72,73,74,75,76,77,78,79,80,81,82,83,84,85,86)/p+1. The molecule has 0 saturated carbocycles. The van der Waals surface area contributed by atoms with Gasteiger partial charge in [-0.15, -0.1) is 0 Å². The SMILES string of the molecule is CCN(CC)c1ccc2c(-c3ccc(S(=O)(=O)Oc4c5cc(S(=O)(=O)O)cc4Cc4cc(S(=O)(=O)O)cc(c4O)Cc4cc(S(=O)(=O)O)cc(c4O)Cc4cc(S(=O)(=O)O)cc(c4O)Cc4cc(S(=O)(=O)O)cc(c4O)C5)cc3S(=O)(=O)O)c3ccc(=[N+](CC)CC)cc-3oc2c1. The topological polar surface area (TPSA) is 470 Å². The van der Waals surface area contributed by atoms with Gasteiger partial charge in [0.15, 0.2) is 0 Å². The van der Waals surface area contributed by atoms with Gasteiger partial charge in [0.05, 0.1) is 30.5 Å². The number of hydrogen-bond acceptors (Lipinski definition) is 21. The number of phenols is 4. The highest BCUT2D eigenvalue weighted by atomic mass is 32.2. The van der Waals surface area contributed by atoms with Crippen molar-refractivity contribution in [2.75, 3.05) is 31.1 Å². The van der Waals surface area contributed by atoms with E-state index in [-0.39, 0.29) is 33.4 Å². The Morgan fingerprint density at radius 3 is 1.09 bits per heavy atom. The van der Waals surface area contributed by atoms with Gasteiger partial charge in [-0.2, -0.15) is 58.9 Å². The molecule has 35 heteroatoms. The molecule has 0 radical (unpaired) electrons. The zero-order chi connectivity index (χ0) is 71.2. The first kappa shape index (κ1) is 71.2. The Morgan fingerprint density at radius 1 is 0.402 bits per heavy atom. The molecule has 0 amide bonds. The molecule has 0 unspecified atom stereocenters. The predicted molar refractivity (Wildman–Crippen MR) is 348 cm³/mol. The van der Waals surface area contributed by atoms with Crippen LogP contribution in [-0.2, 0) is 103 Å². The van der Waals surface area contributed by atoms with Crippen LogP contribution in [0.25, 0.3) is 33.4 Å². The molecule has 514 valence electrons. The molecule has 7 aromatic rings. The average Bonchev–Trinajstić information content (AvgIpc) is 0.735. The van der Waals surface area contributed by atoms with Crippen LogP contribution >= 0.6 is 0 Å². The molecule has 28 nitrogen and oxygen atoms in total. The third-order valence-corrected chi connectivity index (χ3v) is 22.8. The van der Waals surface area contributed by atoms with Crippen LogP contribution in [0.15, 0.2) is 154 Å². The second-order valence-corrected chi connectivity index (χ2v) is 32.6. The molecule has 1 aliphatic heterocycles. The molecule has 10 rings (SSSR count). The van der Waals surface area contributed by atoms with Crippen LogP contribution in [0, 0.1) is 0 Å². The number of rotatable bonds is 15. The van der Waals surface area contributed by atoms with E-state index in [2.05, 4.69) is 0 Å². The van der Waals surface area contributed by atoms with E-state index in [4.69, 9.17) is 8.60 Å². The van der Waals surface area contributed by atoms with E-state index < -0.39 is 222 Å². The Labute approximate surface area is 556 Å². The second-order valence-electron chi connectivity index (χ2n) is 22.5. The minimum absolute atomic E-state index is 0.120. The van der Waals surface area contributed by atoms with Crippen LogP contribution < -0.4 is 19.0 Å². The lowest BCUT2D eigenvalue weighted by molar-refractivity contribution is 0.451. The van der Waals surface area contributed by atoms with Crippen molar-refractivity contribution in [3.05, 3.63) is 176 Å². The first-order valence-corrected chi connectivity index (χ1v) is 38.9. The van der Waals surface area contributed by atoms with Crippen LogP contribution in [0.4, 0.5) is 5.69 Å². The lowest BCUT2D eigenvalue weighted by Gasteiger charge is -2.23. The molecule has 0 fully saturated rings. The number of hydrogen-bond donors (Lipinski definition) is 10. The zero-order valence-corrected chi connectivity index (χ0v) is 56.8. The van der Waals surface area contributed by atoms with Crippen molar-refractivity contribution >= 4 is 87.5 Å². The molecule has 97 heavy (non-hydrogen) atoms. The number of fused-ring (bicyclic) bond motifs is 12. The smallest absolute Gasteiger partial charge is 0.339 e. The number of phenolic OH excluding ortho intramolecular Hbond substituents is 4. The summed E-state index contributed by atoms with van der Waals surface area (Å²) in [4.78, 5) is -5.59. The fourth-order valence-corrected chi connectivity index (χ4v) is 16.6. The van der Waals surface area contributed by atoms with Gasteiger partial charge < -0.3 is 33.9 Å². The first-order chi connectivity index (χ1) is 45.0. The maximum Gasteiger partial charge on any atom is 0.339 e. The van der Waals surface area contributed by atoms with Crippen molar-refractivity contribution in [3.8, 4) is 51.2 Å². The van der Waals surface area contributed by atoms with Crippen molar-refractivity contribution < 1.29 is 115 Å². The van der Waals surface area contributed by atoms with Gasteiger partial charge in [0.1, 0.15) is 63.0 Å². The highest BCUT2D eigenvalue weighted by Gasteiger charge is 2.33. The summed E-state index contributed by atoms with van der Waals surface area (Å²) in [7, 11) is -38.5. The molecule has 10 N–H and O–H groups in total. The summed E-state index contributed by atoms with van der Waals surface area (Å²) >= 11 is 0. The predicted octanol–water partition coefficient (Wildman–Crippen LogP) is 7.20. The normalized spacial score (nSPS) is 13.5. The minimum Gasteiger partial charge on any atom is -0.507 e. The molecule has 2 aliphatic carbocycles. The van der Waals surface area contributed by atoms with Crippen molar-refractivity contribution in [3.63, 3.8) is 0 Å². The van der Waals surface area contributed by atoms with E-state index in [1.54, 1.807) is 36.4 Å². The molecule has 1 heterocycles. The van der Waals surface area contributed by atoms with Crippen molar-refractivity contribution in [1.82, 2.24) is 4.58 Å². The summed E-state index contributed by atoms with van der Waals surface area (Å²) in [6, 6.07) is 18.5. The van der Waals surface area contributed by atoms with E-state index >= 15 is 8.42 Å². The summed E-state index contributed by atoms with van der Waals surface area (Å²) in [5.41, 5.74) is -5.76. The molecule has 7 aromatic carbocycles. The third kappa shape index (κ3) is 14.6. The van der Waals surface area contributed by atoms with E-state index in [0.717, 1.165) is 12.1 Å². The largest absolute Gasteiger partial charge is 0.507 e. The summed E-state index contributed by atoms with van der Waals surface area (Å²) < 4.78 is 267. The fraction of sp³-hybridized carbons (Fsp3) is 0.210. The molecule has 3 aliphatic rings. The van der Waals surface area contributed by atoms with E-state index in [1.807, 2.05) is 37.2 Å². The number of benzene rings is 8. The Kier molecular flexibility index (Phi) is 18.9. The molecule has 0 saturated heterocycles. The third-order valence-electron chi connectivity index (χ3n) is 16.5. The van der Waals surface area contributed by atoms with Crippen LogP contribution in [-0.4, -0.2) is 133 Å². The van der Waals surface area contributed by atoms with Crippen LogP contribution in [0.3, 0.4) is 0 Å². The van der Waals surface area contributed by atoms with Crippen LogP contribution in [0.5, 0.6) is 28.7 Å². The van der Waals surface area contributed by atoms with Gasteiger partial charge in [-0.1, -0.05) is 6.07 Å². The highest BCUT2D eigenvalue weighted by molar-refractivity contribution is 7.88. The van der Waals surface area contributed by atoms with Gasteiger partial charge >= 0.3 is 10.1 Å². The van der Waals surface area contributed by atoms with Crippen molar-refractivity contribution in [1.29, 1.82) is 0 Å². The fourth-order valence-electron chi connectivity index (χ4n) is 11.8. The molecular weight excluding hydrogens is 1410 g/mol. The average molecular weight is 1470 g/mol. The second kappa shape index (κ2) is 25.7. The minimum atomic E-state index is -5.73. The summed E-state index contributed by atoms with van der Waals surface area (Å²) in [6.45, 7) is 9.98. The van der Waals surface area contributed by atoms with Crippen molar-refractivity contribution in [2.45, 2.75) is 94.1 Å². The van der Waals surface area contributed by atoms with Gasteiger partial charge in [0.2, 0.25) is 5.36 Å². The Hall–Kier alpha value is -8.56. The molecule has 10 bridgehead atoms. The van der Waals surface area contributed by atoms with Crippen molar-refractivity contribution in [2.24, 2.45) is 0 Å². The number of aromatic hydroxyl groups is 4.